The van der Waals surface area contributed by atoms with E-state index in [1.54, 1.807) is 7.11 Å². The third-order valence-corrected chi connectivity index (χ3v) is 3.88. The molecule has 0 radical (unpaired) electrons. The number of rotatable bonds is 4. The van der Waals surface area contributed by atoms with Gasteiger partial charge in [-0.05, 0) is 53.9 Å². The Balaban J connectivity index is 1.66. The van der Waals surface area contributed by atoms with Gasteiger partial charge in [-0.1, -0.05) is 18.2 Å². The molecule has 0 unspecified atom stereocenters. The topological polar surface area (TPSA) is 50.4 Å². The van der Waals surface area contributed by atoms with E-state index in [4.69, 9.17) is 4.74 Å². The summed E-state index contributed by atoms with van der Waals surface area (Å²) < 4.78 is 5.18. The zero-order chi connectivity index (χ0) is 15.4. The molecule has 0 aliphatic carbocycles. The lowest BCUT2D eigenvalue weighted by atomic mass is 10.0. The van der Waals surface area contributed by atoms with Crippen molar-refractivity contribution in [1.29, 1.82) is 0 Å². The fraction of sp³-hybridized carbons (Fsp3) is 0.278. The molecule has 0 saturated heterocycles. The van der Waals surface area contributed by atoms with Crippen molar-refractivity contribution in [2.24, 2.45) is 0 Å². The minimum Gasteiger partial charge on any atom is -0.497 e. The van der Waals surface area contributed by atoms with Crippen molar-refractivity contribution < 1.29 is 9.53 Å². The van der Waals surface area contributed by atoms with E-state index in [0.717, 1.165) is 36.5 Å². The van der Waals surface area contributed by atoms with Crippen molar-refractivity contribution in [3.05, 3.63) is 59.2 Å². The van der Waals surface area contributed by atoms with Crippen molar-refractivity contribution in [3.63, 3.8) is 0 Å². The van der Waals surface area contributed by atoms with Crippen LogP contribution in [0.25, 0.3) is 0 Å². The van der Waals surface area contributed by atoms with Crippen LogP contribution in [-0.2, 0) is 24.2 Å². The van der Waals surface area contributed by atoms with E-state index in [9.17, 15) is 4.79 Å². The van der Waals surface area contributed by atoms with Crippen LogP contribution in [0, 0.1) is 0 Å². The lowest BCUT2D eigenvalue weighted by molar-refractivity contribution is -0.115. The van der Waals surface area contributed by atoms with Gasteiger partial charge in [-0.25, -0.2) is 0 Å². The highest BCUT2D eigenvalue weighted by atomic mass is 16.5. The Hall–Kier alpha value is -2.33. The van der Waals surface area contributed by atoms with E-state index in [2.05, 4.69) is 22.8 Å². The molecule has 2 N–H and O–H groups in total. The lowest BCUT2D eigenvalue weighted by Crippen LogP contribution is -2.24. The Morgan fingerprint density at radius 1 is 1.23 bits per heavy atom. The molecular formula is C18H20N2O2. The number of nitrogens with one attached hydrogen (secondary N) is 2. The van der Waals surface area contributed by atoms with E-state index in [1.807, 2.05) is 30.3 Å². The van der Waals surface area contributed by atoms with Crippen molar-refractivity contribution in [3.8, 4) is 5.75 Å². The molecule has 22 heavy (non-hydrogen) atoms. The van der Waals surface area contributed by atoms with Gasteiger partial charge in [0.2, 0.25) is 5.91 Å². The molecule has 0 atom stereocenters. The third kappa shape index (κ3) is 3.46. The molecule has 0 fully saturated rings. The molecule has 1 amide bonds. The van der Waals surface area contributed by atoms with E-state index in [1.165, 1.54) is 11.1 Å². The first-order chi connectivity index (χ1) is 10.7. The molecule has 1 heterocycles. The molecule has 0 saturated carbocycles. The predicted octanol–water partition coefficient (Wildman–Crippen LogP) is 2.52. The number of ether oxygens (including phenoxy) is 1. The minimum absolute atomic E-state index is 0.0167. The second-order valence-corrected chi connectivity index (χ2v) is 5.49. The Morgan fingerprint density at radius 3 is 3.00 bits per heavy atom. The highest BCUT2D eigenvalue weighted by molar-refractivity contribution is 5.92. The lowest BCUT2D eigenvalue weighted by Gasteiger charge is -2.18. The standard InChI is InChI=1S/C18H20N2O2/c1-22-17-4-2-3-13(9-17)10-18(21)20-16-6-5-14-7-8-19-12-15(14)11-16/h2-6,9,11,19H,7-8,10,12H2,1H3,(H,20,21). The molecule has 0 aromatic heterocycles. The molecule has 114 valence electrons. The normalized spacial score (nSPS) is 13.3. The molecule has 1 aliphatic heterocycles. The van der Waals surface area contributed by atoms with E-state index in [0.29, 0.717) is 6.42 Å². The number of carbonyl (C=O) groups excluding carboxylic acids is 1. The number of amides is 1. The van der Waals surface area contributed by atoms with Crippen LogP contribution >= 0.6 is 0 Å². The van der Waals surface area contributed by atoms with E-state index >= 15 is 0 Å². The Labute approximate surface area is 130 Å². The zero-order valence-electron chi connectivity index (χ0n) is 12.7. The third-order valence-electron chi connectivity index (χ3n) is 3.88. The molecular weight excluding hydrogens is 276 g/mol. The van der Waals surface area contributed by atoms with Crippen LogP contribution in [-0.4, -0.2) is 19.6 Å². The largest absolute Gasteiger partial charge is 0.497 e. The molecule has 4 heteroatoms. The fourth-order valence-corrected chi connectivity index (χ4v) is 2.73. The van der Waals surface area contributed by atoms with Gasteiger partial charge in [0.1, 0.15) is 5.75 Å². The van der Waals surface area contributed by atoms with Crippen molar-refractivity contribution >= 4 is 11.6 Å². The number of hydrogen-bond acceptors (Lipinski definition) is 3. The highest BCUT2D eigenvalue weighted by Gasteiger charge is 2.10. The Kier molecular flexibility index (Phi) is 4.39. The summed E-state index contributed by atoms with van der Waals surface area (Å²) in [5.41, 5.74) is 4.43. The molecule has 2 aromatic carbocycles. The molecule has 4 nitrogen and oxygen atoms in total. The van der Waals surface area contributed by atoms with E-state index in [-0.39, 0.29) is 5.91 Å². The summed E-state index contributed by atoms with van der Waals surface area (Å²) in [5.74, 6) is 0.752. The second-order valence-electron chi connectivity index (χ2n) is 5.49. The van der Waals surface area contributed by atoms with Crippen molar-refractivity contribution in [2.45, 2.75) is 19.4 Å². The van der Waals surface area contributed by atoms with Gasteiger partial charge in [0.15, 0.2) is 0 Å². The van der Waals surface area contributed by atoms with Gasteiger partial charge in [-0.3, -0.25) is 4.79 Å². The predicted molar refractivity (Wildman–Crippen MR) is 87.2 cm³/mol. The van der Waals surface area contributed by atoms with Crippen molar-refractivity contribution in [1.82, 2.24) is 5.32 Å². The van der Waals surface area contributed by atoms with Crippen LogP contribution in [0.15, 0.2) is 42.5 Å². The number of hydrogen-bond donors (Lipinski definition) is 2. The van der Waals surface area contributed by atoms with Crippen LogP contribution in [0.3, 0.4) is 0 Å². The monoisotopic (exact) mass is 296 g/mol. The minimum atomic E-state index is -0.0167. The van der Waals surface area contributed by atoms with Gasteiger partial charge in [0, 0.05) is 12.2 Å². The molecule has 0 bridgehead atoms. The number of fused-ring (bicyclic) bond motifs is 1. The summed E-state index contributed by atoms with van der Waals surface area (Å²) in [4.78, 5) is 12.2. The first-order valence-corrected chi connectivity index (χ1v) is 7.50. The van der Waals surface area contributed by atoms with Crippen LogP contribution in [0.1, 0.15) is 16.7 Å². The van der Waals surface area contributed by atoms with Crippen LogP contribution in [0.4, 0.5) is 5.69 Å². The summed E-state index contributed by atoms with van der Waals surface area (Å²) in [7, 11) is 1.63. The maximum Gasteiger partial charge on any atom is 0.228 e. The maximum atomic E-state index is 12.2. The summed E-state index contributed by atoms with van der Waals surface area (Å²) in [6, 6.07) is 13.7. The van der Waals surface area contributed by atoms with Gasteiger partial charge in [0.25, 0.3) is 0 Å². The average Bonchev–Trinajstić information content (AvgIpc) is 2.55. The quantitative estimate of drug-likeness (QED) is 0.911. The smallest absolute Gasteiger partial charge is 0.228 e. The van der Waals surface area contributed by atoms with Gasteiger partial charge >= 0.3 is 0 Å². The van der Waals surface area contributed by atoms with Crippen LogP contribution in [0.5, 0.6) is 5.75 Å². The van der Waals surface area contributed by atoms with Crippen LogP contribution < -0.4 is 15.4 Å². The van der Waals surface area contributed by atoms with E-state index < -0.39 is 0 Å². The van der Waals surface area contributed by atoms with Gasteiger partial charge < -0.3 is 15.4 Å². The van der Waals surface area contributed by atoms with Gasteiger partial charge in [0.05, 0.1) is 13.5 Å². The first-order valence-electron chi connectivity index (χ1n) is 7.50. The first kappa shape index (κ1) is 14.6. The number of methoxy groups -OCH3 is 1. The fourth-order valence-electron chi connectivity index (χ4n) is 2.73. The summed E-state index contributed by atoms with van der Waals surface area (Å²) in [6.45, 7) is 1.89. The molecule has 1 aliphatic rings. The number of benzene rings is 2. The SMILES string of the molecule is COc1cccc(CC(=O)Nc2ccc3c(c2)CNCC3)c1. The highest BCUT2D eigenvalue weighted by Crippen LogP contribution is 2.19. The maximum absolute atomic E-state index is 12.2. The molecule has 3 rings (SSSR count). The van der Waals surface area contributed by atoms with Gasteiger partial charge in [-0.2, -0.15) is 0 Å². The summed E-state index contributed by atoms with van der Waals surface area (Å²) in [5, 5.41) is 6.32. The summed E-state index contributed by atoms with van der Waals surface area (Å²) in [6.07, 6.45) is 1.39. The number of carbonyl (C=O) groups is 1. The Morgan fingerprint density at radius 2 is 2.14 bits per heavy atom. The average molecular weight is 296 g/mol. The second kappa shape index (κ2) is 6.62. The molecule has 0 spiro atoms. The van der Waals surface area contributed by atoms with Crippen LogP contribution in [0.2, 0.25) is 0 Å². The zero-order valence-corrected chi connectivity index (χ0v) is 12.7. The van der Waals surface area contributed by atoms with Crippen molar-refractivity contribution in [2.75, 3.05) is 19.0 Å². The molecule has 2 aromatic rings. The van der Waals surface area contributed by atoms with Gasteiger partial charge in [-0.15, -0.1) is 0 Å². The number of anilines is 1. The Bertz CT molecular complexity index is 683. The summed E-state index contributed by atoms with van der Waals surface area (Å²) >= 11 is 0.